The summed E-state index contributed by atoms with van der Waals surface area (Å²) in [5, 5.41) is 11.4. The number of hydrogen-bond donors (Lipinski definition) is 1. The molecule has 1 N–H and O–H groups in total. The summed E-state index contributed by atoms with van der Waals surface area (Å²) in [5.74, 6) is 2.60. The smallest absolute Gasteiger partial charge is 0.144 e. The van der Waals surface area contributed by atoms with Crippen molar-refractivity contribution in [2.45, 2.75) is 12.6 Å². The lowest BCUT2D eigenvalue weighted by molar-refractivity contribution is 0.292. The minimum absolute atomic E-state index is 0.610. The van der Waals surface area contributed by atoms with Gasteiger partial charge in [0.25, 0.3) is 0 Å². The fourth-order valence-corrected chi connectivity index (χ4v) is 3.39. The highest BCUT2D eigenvalue weighted by Gasteiger charge is 2.55. The van der Waals surface area contributed by atoms with Crippen LogP contribution in [-0.2, 0) is 13.6 Å². The maximum Gasteiger partial charge on any atom is 0.144 e. The van der Waals surface area contributed by atoms with E-state index >= 15 is 0 Å². The Labute approximate surface area is 118 Å². The van der Waals surface area contributed by atoms with Gasteiger partial charge >= 0.3 is 0 Å². The van der Waals surface area contributed by atoms with Crippen LogP contribution in [0.15, 0.2) is 36.5 Å². The molecule has 2 unspecified atom stereocenters. The van der Waals surface area contributed by atoms with E-state index < -0.39 is 0 Å². The van der Waals surface area contributed by atoms with E-state index in [9.17, 15) is 0 Å². The van der Waals surface area contributed by atoms with Crippen molar-refractivity contribution in [1.82, 2.24) is 19.9 Å². The van der Waals surface area contributed by atoms with Gasteiger partial charge in [0.1, 0.15) is 5.82 Å². The summed E-state index contributed by atoms with van der Waals surface area (Å²) in [5.41, 5.74) is 1.41. The van der Waals surface area contributed by atoms with Gasteiger partial charge in [-0.25, -0.2) is 4.68 Å². The van der Waals surface area contributed by atoms with Crippen molar-refractivity contribution < 1.29 is 0 Å². The van der Waals surface area contributed by atoms with Gasteiger partial charge in [0, 0.05) is 32.7 Å². The predicted molar refractivity (Wildman–Crippen MR) is 77.1 cm³/mol. The molecule has 2 fully saturated rings. The van der Waals surface area contributed by atoms with Crippen LogP contribution in [0.5, 0.6) is 0 Å². The number of aryl methyl sites for hydroxylation is 1. The first kappa shape index (κ1) is 11.9. The highest BCUT2D eigenvalue weighted by atomic mass is 15.4. The maximum absolute atomic E-state index is 3.96. The molecule has 1 aromatic heterocycles. The molecule has 5 heteroatoms. The van der Waals surface area contributed by atoms with Crippen molar-refractivity contribution in [3.8, 4) is 0 Å². The molecule has 1 saturated heterocycles. The molecular weight excluding hydrogens is 250 g/mol. The van der Waals surface area contributed by atoms with Gasteiger partial charge in [0.2, 0.25) is 0 Å². The summed E-state index contributed by atoms with van der Waals surface area (Å²) in [7, 11) is 1.93. The average molecular weight is 269 g/mol. The maximum atomic E-state index is 3.96. The Morgan fingerprint density at radius 3 is 2.60 bits per heavy atom. The second-order valence-corrected chi connectivity index (χ2v) is 5.92. The van der Waals surface area contributed by atoms with Gasteiger partial charge in [-0.1, -0.05) is 35.5 Å². The lowest BCUT2D eigenvalue weighted by atomic mass is 10.2. The number of benzene rings is 1. The van der Waals surface area contributed by atoms with Gasteiger partial charge in [-0.2, -0.15) is 0 Å². The van der Waals surface area contributed by atoms with E-state index in [2.05, 4.69) is 50.9 Å². The number of fused-ring (bicyclic) bond motifs is 1. The van der Waals surface area contributed by atoms with Crippen LogP contribution in [0.3, 0.4) is 0 Å². The van der Waals surface area contributed by atoms with Gasteiger partial charge < -0.3 is 5.32 Å². The monoisotopic (exact) mass is 269 g/mol. The minimum Gasteiger partial charge on any atom is -0.366 e. The molecule has 0 amide bonds. The fourth-order valence-electron chi connectivity index (χ4n) is 3.39. The van der Waals surface area contributed by atoms with E-state index in [1.807, 2.05) is 7.05 Å². The number of anilines is 1. The zero-order valence-corrected chi connectivity index (χ0v) is 11.6. The Kier molecular flexibility index (Phi) is 2.73. The molecule has 0 bridgehead atoms. The normalized spacial score (nSPS) is 28.4. The van der Waals surface area contributed by atoms with Crippen LogP contribution in [0.2, 0.25) is 0 Å². The molecule has 2 heterocycles. The Hall–Kier alpha value is -1.88. The van der Waals surface area contributed by atoms with E-state index in [1.165, 1.54) is 18.7 Å². The number of nitrogens with one attached hydrogen (secondary N) is 1. The van der Waals surface area contributed by atoms with Crippen LogP contribution in [0, 0.1) is 11.8 Å². The molecule has 1 aliphatic heterocycles. The lowest BCUT2D eigenvalue weighted by Crippen LogP contribution is -2.27. The Morgan fingerprint density at radius 2 is 1.95 bits per heavy atom. The van der Waals surface area contributed by atoms with E-state index in [0.29, 0.717) is 6.04 Å². The van der Waals surface area contributed by atoms with Crippen molar-refractivity contribution in [1.29, 1.82) is 0 Å². The molecule has 2 aliphatic rings. The number of rotatable bonds is 4. The Bertz CT molecular complexity index is 581. The third-order valence-electron chi connectivity index (χ3n) is 4.55. The van der Waals surface area contributed by atoms with Crippen LogP contribution < -0.4 is 5.32 Å². The standard InChI is InChI=1S/C15H19N5/c1-19-14(7-16-18-19)17-15-12-9-20(10-13(12)15)8-11-5-3-2-4-6-11/h2-7,12-13,15,17H,8-10H2,1H3. The molecule has 1 aliphatic carbocycles. The topological polar surface area (TPSA) is 46.0 Å². The number of likely N-dealkylation sites (tertiary alicyclic amines) is 1. The first-order chi connectivity index (χ1) is 9.81. The van der Waals surface area contributed by atoms with Gasteiger partial charge in [0.05, 0.1) is 6.20 Å². The van der Waals surface area contributed by atoms with Crippen molar-refractivity contribution >= 4 is 5.82 Å². The SMILES string of the molecule is Cn1nncc1NC1C2CN(Cc3ccccc3)CC21. The summed E-state index contributed by atoms with van der Waals surface area (Å²) < 4.78 is 1.80. The van der Waals surface area contributed by atoms with Gasteiger partial charge in [-0.3, -0.25) is 4.90 Å². The molecular formula is C15H19N5. The number of aromatic nitrogens is 3. The predicted octanol–water partition coefficient (Wildman–Crippen LogP) is 1.36. The van der Waals surface area contributed by atoms with Crippen LogP contribution >= 0.6 is 0 Å². The van der Waals surface area contributed by atoms with Crippen molar-refractivity contribution in [3.63, 3.8) is 0 Å². The molecule has 0 spiro atoms. The van der Waals surface area contributed by atoms with Crippen LogP contribution in [0.25, 0.3) is 0 Å². The summed E-state index contributed by atoms with van der Waals surface area (Å²) in [6.07, 6.45) is 1.80. The first-order valence-corrected chi connectivity index (χ1v) is 7.19. The third-order valence-corrected chi connectivity index (χ3v) is 4.55. The van der Waals surface area contributed by atoms with Crippen LogP contribution in [0.1, 0.15) is 5.56 Å². The van der Waals surface area contributed by atoms with Crippen molar-refractivity contribution in [2.24, 2.45) is 18.9 Å². The van der Waals surface area contributed by atoms with E-state index in [4.69, 9.17) is 0 Å². The largest absolute Gasteiger partial charge is 0.366 e. The van der Waals surface area contributed by atoms with Crippen LogP contribution in [-0.4, -0.2) is 39.0 Å². The fraction of sp³-hybridized carbons (Fsp3) is 0.467. The summed E-state index contributed by atoms with van der Waals surface area (Å²) in [6, 6.07) is 11.3. The number of hydrogen-bond acceptors (Lipinski definition) is 4. The molecule has 1 saturated carbocycles. The molecule has 2 atom stereocenters. The van der Waals surface area contributed by atoms with Crippen molar-refractivity contribution in [2.75, 3.05) is 18.4 Å². The van der Waals surface area contributed by atoms with E-state index in [-0.39, 0.29) is 0 Å². The molecule has 2 aromatic rings. The second kappa shape index (κ2) is 4.59. The third kappa shape index (κ3) is 2.08. The summed E-state index contributed by atoms with van der Waals surface area (Å²) in [6.45, 7) is 3.47. The Morgan fingerprint density at radius 1 is 1.20 bits per heavy atom. The van der Waals surface area contributed by atoms with Crippen molar-refractivity contribution in [3.05, 3.63) is 42.1 Å². The van der Waals surface area contributed by atoms with E-state index in [0.717, 1.165) is 24.2 Å². The quantitative estimate of drug-likeness (QED) is 0.910. The zero-order valence-electron chi connectivity index (χ0n) is 11.6. The molecule has 4 rings (SSSR count). The average Bonchev–Trinajstić information content (AvgIpc) is 2.80. The van der Waals surface area contributed by atoms with Gasteiger partial charge in [-0.15, -0.1) is 5.10 Å². The van der Waals surface area contributed by atoms with Crippen LogP contribution in [0.4, 0.5) is 5.82 Å². The minimum atomic E-state index is 0.610. The van der Waals surface area contributed by atoms with E-state index in [1.54, 1.807) is 10.9 Å². The highest BCUT2D eigenvalue weighted by molar-refractivity contribution is 5.37. The van der Waals surface area contributed by atoms with Gasteiger partial charge in [-0.05, 0) is 17.4 Å². The zero-order chi connectivity index (χ0) is 13.5. The molecule has 5 nitrogen and oxygen atoms in total. The number of nitrogens with zero attached hydrogens (tertiary/aromatic N) is 4. The Balaban J connectivity index is 1.32. The summed E-state index contributed by atoms with van der Waals surface area (Å²) in [4.78, 5) is 2.56. The lowest BCUT2D eigenvalue weighted by Gasteiger charge is -2.20. The molecule has 1 aromatic carbocycles. The first-order valence-electron chi connectivity index (χ1n) is 7.19. The summed E-state index contributed by atoms with van der Waals surface area (Å²) >= 11 is 0. The number of piperidine rings is 1. The molecule has 20 heavy (non-hydrogen) atoms. The molecule has 104 valence electrons. The van der Waals surface area contributed by atoms with Gasteiger partial charge in [0.15, 0.2) is 0 Å². The highest BCUT2D eigenvalue weighted by Crippen LogP contribution is 2.47. The second-order valence-electron chi connectivity index (χ2n) is 5.92. The molecule has 0 radical (unpaired) electrons.